The molecule has 2 aromatic heterocycles. The van der Waals surface area contributed by atoms with Gasteiger partial charge in [-0.1, -0.05) is 5.10 Å². The van der Waals surface area contributed by atoms with Gasteiger partial charge < -0.3 is 14.2 Å². The van der Waals surface area contributed by atoms with Gasteiger partial charge in [-0.2, -0.15) is 0 Å². The Morgan fingerprint density at radius 3 is 2.80 bits per heavy atom. The van der Waals surface area contributed by atoms with Crippen LogP contribution in [-0.4, -0.2) is 10.2 Å². The van der Waals surface area contributed by atoms with Crippen molar-refractivity contribution in [2.45, 2.75) is 19.3 Å². The summed E-state index contributed by atoms with van der Waals surface area (Å²) in [5.41, 5.74) is 0. The molecule has 0 amide bonds. The van der Waals surface area contributed by atoms with E-state index >= 15 is 0 Å². The molecule has 0 saturated carbocycles. The number of hydrogen-bond donors (Lipinski definition) is 1. The number of nitrogens with zero attached hydrogens (tertiary/aromatic N) is 2. The Morgan fingerprint density at radius 2 is 2.20 bits per heavy atom. The summed E-state index contributed by atoms with van der Waals surface area (Å²) in [6.07, 6.45) is 0. The maximum atomic E-state index is 5.52. The van der Waals surface area contributed by atoms with Gasteiger partial charge in [-0.25, -0.2) is 0 Å². The Hall–Kier alpha value is -1.49. The molecule has 2 aromatic rings. The van der Waals surface area contributed by atoms with Crippen molar-refractivity contribution in [2.75, 3.05) is 5.32 Å². The molecule has 0 unspecified atom stereocenters. The third-order valence-electron chi connectivity index (χ3n) is 1.79. The number of aryl methyl sites for hydroxylation is 1. The van der Waals surface area contributed by atoms with E-state index in [1.807, 2.05) is 19.1 Å². The zero-order valence-corrected chi connectivity index (χ0v) is 8.91. The third kappa shape index (κ3) is 2.50. The molecular formula is C9H10ClN3O2. The zero-order valence-electron chi connectivity index (χ0n) is 8.16. The molecular weight excluding hydrogens is 218 g/mol. The van der Waals surface area contributed by atoms with Gasteiger partial charge in [0, 0.05) is 0 Å². The molecule has 2 heterocycles. The average molecular weight is 228 g/mol. The minimum Gasteiger partial charge on any atom is -0.465 e. The fourth-order valence-electron chi connectivity index (χ4n) is 1.12. The van der Waals surface area contributed by atoms with Crippen molar-refractivity contribution in [3.05, 3.63) is 29.5 Å². The predicted octanol–water partition coefficient (Wildman–Crippen LogP) is 2.32. The summed E-state index contributed by atoms with van der Waals surface area (Å²) in [7, 11) is 0. The van der Waals surface area contributed by atoms with Crippen molar-refractivity contribution in [2.24, 2.45) is 0 Å². The average Bonchev–Trinajstić information content (AvgIpc) is 2.83. The quantitative estimate of drug-likeness (QED) is 0.812. The highest BCUT2D eigenvalue weighted by molar-refractivity contribution is 6.16. The summed E-state index contributed by atoms with van der Waals surface area (Å²) >= 11 is 5.52. The van der Waals surface area contributed by atoms with E-state index in [0.29, 0.717) is 18.5 Å². The molecule has 0 spiro atoms. The highest BCUT2D eigenvalue weighted by Gasteiger charge is 2.05. The number of halogens is 1. The summed E-state index contributed by atoms with van der Waals surface area (Å²) in [6.45, 7) is 2.40. The van der Waals surface area contributed by atoms with Gasteiger partial charge in [0.05, 0.1) is 6.54 Å². The minimum absolute atomic E-state index is 0.217. The number of nitrogens with one attached hydrogen (secondary N) is 1. The van der Waals surface area contributed by atoms with Crippen molar-refractivity contribution in [3.8, 4) is 0 Å². The Balaban J connectivity index is 1.93. The SMILES string of the molecule is Cc1ccc(CNc2nnc(CCl)o2)o1. The number of alkyl halides is 1. The lowest BCUT2D eigenvalue weighted by Gasteiger charge is -1.96. The standard InChI is InChI=1S/C9H10ClN3O2/c1-6-2-3-7(14-6)5-11-9-13-12-8(4-10)15-9/h2-3H,4-5H2,1H3,(H,11,13). The monoisotopic (exact) mass is 227 g/mol. The molecule has 0 fully saturated rings. The van der Waals surface area contributed by atoms with E-state index in [-0.39, 0.29) is 5.88 Å². The molecule has 1 N–H and O–H groups in total. The highest BCUT2D eigenvalue weighted by atomic mass is 35.5. The smallest absolute Gasteiger partial charge is 0.315 e. The van der Waals surface area contributed by atoms with Crippen LogP contribution in [-0.2, 0) is 12.4 Å². The van der Waals surface area contributed by atoms with Crippen LogP contribution >= 0.6 is 11.6 Å². The lowest BCUT2D eigenvalue weighted by molar-refractivity contribution is 0.482. The van der Waals surface area contributed by atoms with Crippen molar-refractivity contribution >= 4 is 17.6 Å². The van der Waals surface area contributed by atoms with E-state index in [4.69, 9.17) is 20.4 Å². The van der Waals surface area contributed by atoms with E-state index in [1.165, 1.54) is 0 Å². The fraction of sp³-hybridized carbons (Fsp3) is 0.333. The Kier molecular flexibility index (Phi) is 2.91. The first kappa shape index (κ1) is 10.0. The number of rotatable bonds is 4. The van der Waals surface area contributed by atoms with Gasteiger partial charge in [-0.15, -0.1) is 16.7 Å². The predicted molar refractivity (Wildman–Crippen MR) is 54.6 cm³/mol. The molecule has 0 aliphatic rings. The van der Waals surface area contributed by atoms with Gasteiger partial charge in [0.2, 0.25) is 5.89 Å². The van der Waals surface area contributed by atoms with Crippen LogP contribution in [0, 0.1) is 6.92 Å². The first-order chi connectivity index (χ1) is 7.28. The second kappa shape index (κ2) is 4.35. The summed E-state index contributed by atoms with van der Waals surface area (Å²) in [5, 5.41) is 10.4. The van der Waals surface area contributed by atoms with Crippen LogP contribution in [0.25, 0.3) is 0 Å². The van der Waals surface area contributed by atoms with E-state index in [1.54, 1.807) is 0 Å². The Morgan fingerprint density at radius 1 is 1.33 bits per heavy atom. The van der Waals surface area contributed by atoms with Crippen LogP contribution in [0.4, 0.5) is 6.01 Å². The zero-order chi connectivity index (χ0) is 10.7. The van der Waals surface area contributed by atoms with Crippen molar-refractivity contribution < 1.29 is 8.83 Å². The fourth-order valence-corrected chi connectivity index (χ4v) is 1.23. The molecule has 0 atom stereocenters. The van der Waals surface area contributed by atoms with Crippen LogP contribution < -0.4 is 5.32 Å². The third-order valence-corrected chi connectivity index (χ3v) is 2.02. The number of furan rings is 1. The van der Waals surface area contributed by atoms with Gasteiger partial charge in [-0.05, 0) is 19.1 Å². The van der Waals surface area contributed by atoms with Crippen LogP contribution in [0.5, 0.6) is 0 Å². The summed E-state index contributed by atoms with van der Waals surface area (Å²) < 4.78 is 10.5. The van der Waals surface area contributed by atoms with Gasteiger partial charge in [0.1, 0.15) is 17.4 Å². The van der Waals surface area contributed by atoms with E-state index in [2.05, 4.69) is 15.5 Å². The normalized spacial score (nSPS) is 10.5. The first-order valence-electron chi connectivity index (χ1n) is 4.45. The molecule has 15 heavy (non-hydrogen) atoms. The number of anilines is 1. The second-order valence-electron chi connectivity index (χ2n) is 3.00. The molecule has 0 aliphatic heterocycles. The molecule has 2 rings (SSSR count). The van der Waals surface area contributed by atoms with Gasteiger partial charge in [0.25, 0.3) is 0 Å². The largest absolute Gasteiger partial charge is 0.465 e. The van der Waals surface area contributed by atoms with Gasteiger partial charge in [0.15, 0.2) is 0 Å². The van der Waals surface area contributed by atoms with E-state index in [9.17, 15) is 0 Å². The highest BCUT2D eigenvalue weighted by Crippen LogP contribution is 2.11. The Bertz CT molecular complexity index is 438. The lowest BCUT2D eigenvalue weighted by atomic mass is 10.4. The molecule has 0 aliphatic carbocycles. The van der Waals surface area contributed by atoms with Crippen LogP contribution in [0.1, 0.15) is 17.4 Å². The van der Waals surface area contributed by atoms with Crippen LogP contribution in [0.15, 0.2) is 21.0 Å². The van der Waals surface area contributed by atoms with E-state index < -0.39 is 0 Å². The maximum Gasteiger partial charge on any atom is 0.315 e. The van der Waals surface area contributed by atoms with Crippen LogP contribution in [0.3, 0.4) is 0 Å². The van der Waals surface area contributed by atoms with Gasteiger partial charge in [-0.3, -0.25) is 0 Å². The molecule has 5 nitrogen and oxygen atoms in total. The lowest BCUT2D eigenvalue weighted by Crippen LogP contribution is -1.97. The molecule has 0 saturated heterocycles. The Labute approximate surface area is 91.4 Å². The maximum absolute atomic E-state index is 5.52. The molecule has 0 aromatic carbocycles. The number of aromatic nitrogens is 2. The first-order valence-corrected chi connectivity index (χ1v) is 4.99. The molecule has 6 heteroatoms. The molecule has 80 valence electrons. The molecule has 0 bridgehead atoms. The summed E-state index contributed by atoms with van der Waals surface area (Å²) in [4.78, 5) is 0. The van der Waals surface area contributed by atoms with E-state index in [0.717, 1.165) is 11.5 Å². The van der Waals surface area contributed by atoms with Crippen molar-refractivity contribution in [1.82, 2.24) is 10.2 Å². The van der Waals surface area contributed by atoms with Gasteiger partial charge >= 0.3 is 6.01 Å². The molecule has 0 radical (unpaired) electrons. The summed E-state index contributed by atoms with van der Waals surface area (Å²) in [5.74, 6) is 2.31. The van der Waals surface area contributed by atoms with Crippen molar-refractivity contribution in [1.29, 1.82) is 0 Å². The van der Waals surface area contributed by atoms with Crippen molar-refractivity contribution in [3.63, 3.8) is 0 Å². The topological polar surface area (TPSA) is 64.1 Å². The van der Waals surface area contributed by atoms with Crippen LogP contribution in [0.2, 0.25) is 0 Å². The number of hydrogen-bond acceptors (Lipinski definition) is 5. The minimum atomic E-state index is 0.217. The summed E-state index contributed by atoms with van der Waals surface area (Å²) in [6, 6.07) is 4.13. The second-order valence-corrected chi connectivity index (χ2v) is 3.27.